The number of halogens is 1. The van der Waals surface area contributed by atoms with Crippen LogP contribution in [0.4, 0.5) is 5.69 Å². The highest BCUT2D eigenvalue weighted by molar-refractivity contribution is 9.10. The van der Waals surface area contributed by atoms with Crippen molar-refractivity contribution < 1.29 is 14.5 Å². The molecule has 1 rings (SSSR count). The number of benzene rings is 1. The zero-order valence-corrected chi connectivity index (χ0v) is 11.1. The Balaban J connectivity index is 3.00. The smallest absolute Gasteiger partial charge is 0.308 e. The molecule has 0 aliphatic heterocycles. The fourth-order valence-corrected chi connectivity index (χ4v) is 1.92. The first-order chi connectivity index (χ1) is 7.95. The van der Waals surface area contributed by atoms with Crippen LogP contribution >= 0.6 is 15.9 Å². The van der Waals surface area contributed by atoms with Gasteiger partial charge in [-0.15, -0.1) is 0 Å². The Kier molecular flexibility index (Phi) is 4.62. The molecule has 1 aromatic carbocycles. The lowest BCUT2D eigenvalue weighted by Crippen LogP contribution is -2.15. The fourth-order valence-electron chi connectivity index (χ4n) is 1.51. The number of methoxy groups -OCH3 is 1. The predicted molar refractivity (Wildman–Crippen MR) is 65.7 cm³/mol. The Morgan fingerprint density at radius 2 is 2.24 bits per heavy atom. The summed E-state index contributed by atoms with van der Waals surface area (Å²) in [7, 11) is 1.30. The van der Waals surface area contributed by atoms with E-state index in [-0.39, 0.29) is 18.1 Å². The van der Waals surface area contributed by atoms with E-state index in [4.69, 9.17) is 0 Å². The molecule has 0 heterocycles. The van der Waals surface area contributed by atoms with E-state index >= 15 is 0 Å². The molecule has 0 saturated heterocycles. The van der Waals surface area contributed by atoms with E-state index in [0.717, 1.165) is 4.47 Å². The molecule has 0 bridgehead atoms. The Morgan fingerprint density at radius 3 is 2.76 bits per heavy atom. The van der Waals surface area contributed by atoms with E-state index in [1.165, 1.54) is 13.2 Å². The van der Waals surface area contributed by atoms with E-state index in [1.54, 1.807) is 19.1 Å². The van der Waals surface area contributed by atoms with Gasteiger partial charge in [-0.2, -0.15) is 0 Å². The van der Waals surface area contributed by atoms with Gasteiger partial charge in [0.25, 0.3) is 5.69 Å². The molecular formula is C11H12BrNO4. The van der Waals surface area contributed by atoms with Gasteiger partial charge >= 0.3 is 5.97 Å². The van der Waals surface area contributed by atoms with Crippen LogP contribution in [0.1, 0.15) is 12.5 Å². The minimum Gasteiger partial charge on any atom is -0.469 e. The maximum Gasteiger partial charge on any atom is 0.308 e. The Hall–Kier alpha value is -1.43. The van der Waals surface area contributed by atoms with E-state index in [0.29, 0.717) is 5.56 Å². The first-order valence-corrected chi connectivity index (χ1v) is 5.75. The van der Waals surface area contributed by atoms with Crippen molar-refractivity contribution in [3.8, 4) is 0 Å². The molecule has 5 nitrogen and oxygen atoms in total. The molecule has 17 heavy (non-hydrogen) atoms. The Morgan fingerprint density at radius 1 is 1.59 bits per heavy atom. The third-order valence-electron chi connectivity index (χ3n) is 2.37. The predicted octanol–water partition coefficient (Wildman–Crippen LogP) is 2.71. The summed E-state index contributed by atoms with van der Waals surface area (Å²) in [6.45, 7) is 1.68. The molecule has 0 aromatic heterocycles. The molecule has 0 aliphatic rings. The number of carbonyl (C=O) groups excluding carboxylic acids is 1. The molecule has 0 unspecified atom stereocenters. The van der Waals surface area contributed by atoms with Crippen LogP contribution in [0.5, 0.6) is 0 Å². The molecular weight excluding hydrogens is 290 g/mol. The van der Waals surface area contributed by atoms with Crippen LogP contribution in [0, 0.1) is 16.0 Å². The topological polar surface area (TPSA) is 69.4 Å². The van der Waals surface area contributed by atoms with Crippen molar-refractivity contribution in [1.29, 1.82) is 0 Å². The van der Waals surface area contributed by atoms with Gasteiger partial charge in [0.2, 0.25) is 0 Å². The summed E-state index contributed by atoms with van der Waals surface area (Å²) >= 11 is 3.25. The summed E-state index contributed by atoms with van der Waals surface area (Å²) in [6.07, 6.45) is 0.280. The van der Waals surface area contributed by atoms with Crippen LogP contribution < -0.4 is 0 Å². The number of esters is 1. The van der Waals surface area contributed by atoms with Crippen molar-refractivity contribution >= 4 is 27.6 Å². The van der Waals surface area contributed by atoms with E-state index < -0.39 is 10.8 Å². The quantitative estimate of drug-likeness (QED) is 0.487. The van der Waals surface area contributed by atoms with Gasteiger partial charge in [-0.3, -0.25) is 14.9 Å². The fraction of sp³-hybridized carbons (Fsp3) is 0.364. The number of hydrogen-bond donors (Lipinski definition) is 0. The van der Waals surface area contributed by atoms with Crippen LogP contribution in [0.3, 0.4) is 0 Å². The average Bonchev–Trinajstić information content (AvgIpc) is 2.27. The molecule has 0 amide bonds. The Labute approximate surface area is 107 Å². The number of ether oxygens (including phenoxy) is 1. The SMILES string of the molecule is COC(=O)[C@@H](C)Cc1cc(Br)ccc1[N+](=O)[O-]. The number of nitrogens with zero attached hydrogens (tertiary/aromatic N) is 1. The van der Waals surface area contributed by atoms with Crippen molar-refractivity contribution in [2.75, 3.05) is 7.11 Å². The minimum absolute atomic E-state index is 0.0175. The summed E-state index contributed by atoms with van der Waals surface area (Å²) in [4.78, 5) is 21.7. The lowest BCUT2D eigenvalue weighted by Gasteiger charge is -2.09. The molecule has 0 radical (unpaired) electrons. The van der Waals surface area contributed by atoms with Gasteiger partial charge in [0.1, 0.15) is 0 Å². The number of hydrogen-bond acceptors (Lipinski definition) is 4. The molecule has 6 heteroatoms. The van der Waals surface area contributed by atoms with Crippen LogP contribution in [0.2, 0.25) is 0 Å². The van der Waals surface area contributed by atoms with Gasteiger partial charge in [-0.25, -0.2) is 0 Å². The maximum atomic E-state index is 11.3. The highest BCUT2D eigenvalue weighted by Gasteiger charge is 2.20. The third kappa shape index (κ3) is 3.52. The van der Waals surface area contributed by atoms with Crippen LogP contribution in [-0.2, 0) is 16.0 Å². The molecule has 0 spiro atoms. The second kappa shape index (κ2) is 5.77. The molecule has 92 valence electrons. The highest BCUT2D eigenvalue weighted by atomic mass is 79.9. The first kappa shape index (κ1) is 13.6. The summed E-state index contributed by atoms with van der Waals surface area (Å²) < 4.78 is 5.34. The summed E-state index contributed by atoms with van der Waals surface area (Å²) in [6, 6.07) is 4.67. The van der Waals surface area contributed by atoms with E-state index in [1.807, 2.05) is 0 Å². The van der Waals surface area contributed by atoms with Crippen LogP contribution in [0.25, 0.3) is 0 Å². The lowest BCUT2D eigenvalue weighted by molar-refractivity contribution is -0.385. The van der Waals surface area contributed by atoms with Crippen molar-refractivity contribution in [3.63, 3.8) is 0 Å². The zero-order chi connectivity index (χ0) is 13.0. The number of rotatable bonds is 4. The third-order valence-corrected chi connectivity index (χ3v) is 2.86. The highest BCUT2D eigenvalue weighted by Crippen LogP contribution is 2.25. The average molecular weight is 302 g/mol. The second-order valence-electron chi connectivity index (χ2n) is 3.66. The van der Waals surface area contributed by atoms with Gasteiger partial charge in [-0.05, 0) is 18.6 Å². The van der Waals surface area contributed by atoms with Gasteiger partial charge in [-0.1, -0.05) is 22.9 Å². The Bertz CT molecular complexity index is 447. The molecule has 1 atom stereocenters. The largest absolute Gasteiger partial charge is 0.469 e. The maximum absolute atomic E-state index is 11.3. The number of nitro benzene ring substituents is 1. The zero-order valence-electron chi connectivity index (χ0n) is 9.47. The van der Waals surface area contributed by atoms with E-state index in [9.17, 15) is 14.9 Å². The van der Waals surface area contributed by atoms with Crippen molar-refractivity contribution in [3.05, 3.63) is 38.3 Å². The van der Waals surface area contributed by atoms with Crippen molar-refractivity contribution in [2.45, 2.75) is 13.3 Å². The van der Waals surface area contributed by atoms with Gasteiger partial charge in [0, 0.05) is 16.1 Å². The van der Waals surface area contributed by atoms with Gasteiger partial charge < -0.3 is 4.74 Å². The van der Waals surface area contributed by atoms with Gasteiger partial charge in [0.15, 0.2) is 0 Å². The standard InChI is InChI=1S/C11H12BrNO4/c1-7(11(14)17-2)5-8-6-9(12)3-4-10(8)13(15)16/h3-4,6-7H,5H2,1-2H3/t7-/m0/s1. The van der Waals surface area contributed by atoms with Crippen molar-refractivity contribution in [1.82, 2.24) is 0 Å². The molecule has 0 saturated carbocycles. The lowest BCUT2D eigenvalue weighted by atomic mass is 10.00. The molecule has 0 fully saturated rings. The molecule has 0 N–H and O–H groups in total. The van der Waals surface area contributed by atoms with Crippen molar-refractivity contribution in [2.24, 2.45) is 5.92 Å². The summed E-state index contributed by atoms with van der Waals surface area (Å²) in [5.74, 6) is -0.785. The minimum atomic E-state index is -0.453. The molecule has 1 aromatic rings. The first-order valence-electron chi connectivity index (χ1n) is 4.96. The monoisotopic (exact) mass is 301 g/mol. The molecule has 0 aliphatic carbocycles. The summed E-state index contributed by atoms with van der Waals surface area (Å²) in [5.41, 5.74) is 0.534. The van der Waals surface area contributed by atoms with Crippen LogP contribution in [0.15, 0.2) is 22.7 Å². The van der Waals surface area contributed by atoms with Gasteiger partial charge in [0.05, 0.1) is 18.0 Å². The number of nitro groups is 1. The summed E-state index contributed by atoms with van der Waals surface area (Å²) in [5, 5.41) is 10.8. The number of carbonyl (C=O) groups is 1. The van der Waals surface area contributed by atoms with Crippen LogP contribution in [-0.4, -0.2) is 18.0 Å². The normalized spacial score (nSPS) is 11.9. The second-order valence-corrected chi connectivity index (χ2v) is 4.57. The van der Waals surface area contributed by atoms with E-state index in [2.05, 4.69) is 20.7 Å².